The van der Waals surface area contributed by atoms with E-state index in [1.807, 2.05) is 0 Å². The van der Waals surface area contributed by atoms with Crippen molar-refractivity contribution in [3.63, 3.8) is 0 Å². The van der Waals surface area contributed by atoms with Gasteiger partial charge in [-0.25, -0.2) is 27.8 Å². The molecule has 1 aromatic carbocycles. The third-order valence-corrected chi connectivity index (χ3v) is 9.33. The Morgan fingerprint density at radius 2 is 1.97 bits per heavy atom. The quantitative estimate of drug-likeness (QED) is 0.403. The van der Waals surface area contributed by atoms with Crippen LogP contribution in [-0.4, -0.2) is 42.2 Å². The van der Waals surface area contributed by atoms with Gasteiger partial charge in [-0.2, -0.15) is 0 Å². The number of piperidine rings is 1. The fourth-order valence-electron chi connectivity index (χ4n) is 4.45. The summed E-state index contributed by atoms with van der Waals surface area (Å²) in [4.78, 5) is 14.0. The van der Waals surface area contributed by atoms with E-state index in [1.54, 1.807) is 31.3 Å². The molecular formula is C24H31FN6O2S2. The lowest BCUT2D eigenvalue weighted by Gasteiger charge is -2.35. The number of halogens is 1. The highest BCUT2D eigenvalue weighted by molar-refractivity contribution is 7.92. The maximum Gasteiger partial charge on any atom is 0.232 e. The lowest BCUT2D eigenvalue weighted by Crippen LogP contribution is -2.38. The topological polar surface area (TPSA) is 123 Å². The van der Waals surface area contributed by atoms with Gasteiger partial charge in [0, 0.05) is 17.2 Å². The lowest BCUT2D eigenvalue weighted by molar-refractivity contribution is 0.246. The third kappa shape index (κ3) is 5.46. The monoisotopic (exact) mass is 518 g/mol. The van der Waals surface area contributed by atoms with E-state index in [2.05, 4.69) is 33.9 Å². The predicted molar refractivity (Wildman–Crippen MR) is 139 cm³/mol. The number of sulfonamides is 1. The Morgan fingerprint density at radius 3 is 2.66 bits per heavy atom. The maximum atomic E-state index is 15.7. The Morgan fingerprint density at radius 1 is 1.23 bits per heavy atom. The highest BCUT2D eigenvalue weighted by Gasteiger charge is 2.36. The molecule has 8 nitrogen and oxygen atoms in total. The fourth-order valence-corrected chi connectivity index (χ4v) is 6.81. The summed E-state index contributed by atoms with van der Waals surface area (Å²) in [6.45, 7) is 8.02. The highest BCUT2D eigenvalue weighted by atomic mass is 32.2. The Labute approximate surface area is 209 Å². The van der Waals surface area contributed by atoms with Crippen LogP contribution in [-0.2, 0) is 15.4 Å². The highest BCUT2D eigenvalue weighted by Crippen LogP contribution is 2.45. The number of benzene rings is 1. The molecule has 4 N–H and O–H groups in total. The number of nitrogens with two attached hydrogens (primary N) is 1. The normalized spacial score (nSPS) is 15.3. The number of rotatable bonds is 8. The predicted octanol–water partition coefficient (Wildman–Crippen LogP) is 4.42. The molecule has 11 heteroatoms. The second kappa shape index (κ2) is 10.2. The van der Waals surface area contributed by atoms with Crippen molar-refractivity contribution in [2.75, 3.05) is 29.3 Å². The van der Waals surface area contributed by atoms with E-state index in [4.69, 9.17) is 10.7 Å². The lowest BCUT2D eigenvalue weighted by atomic mass is 9.74. The summed E-state index contributed by atoms with van der Waals surface area (Å²) in [5.41, 5.74) is 6.68. The average Bonchev–Trinajstić information content (AvgIpc) is 3.27. The Bertz CT molecular complexity index is 1300. The fraction of sp³-hybridized carbons (Fsp3) is 0.458. The van der Waals surface area contributed by atoms with Gasteiger partial charge in [-0.1, -0.05) is 26.8 Å². The first-order valence-corrected chi connectivity index (χ1v) is 14.2. The molecule has 1 saturated heterocycles. The van der Waals surface area contributed by atoms with Crippen LogP contribution in [0.2, 0.25) is 0 Å². The van der Waals surface area contributed by atoms with E-state index >= 15 is 4.39 Å². The minimum atomic E-state index is -3.66. The molecule has 4 rings (SSSR count). The number of hydrogen-bond acceptors (Lipinski definition) is 8. The molecule has 1 aliphatic rings. The van der Waals surface area contributed by atoms with E-state index in [1.165, 1.54) is 17.4 Å². The van der Waals surface area contributed by atoms with Crippen LogP contribution in [0.4, 0.5) is 16.0 Å². The number of nitrogens with one attached hydrogen (secondary N) is 2. The molecule has 0 atom stereocenters. The van der Waals surface area contributed by atoms with Crippen molar-refractivity contribution in [1.29, 1.82) is 0 Å². The second-order valence-electron chi connectivity index (χ2n) is 9.33. The summed E-state index contributed by atoms with van der Waals surface area (Å²) in [5.74, 6) is -0.231. The van der Waals surface area contributed by atoms with Crippen molar-refractivity contribution in [3.8, 4) is 21.8 Å². The molecule has 0 saturated carbocycles. The van der Waals surface area contributed by atoms with Crippen molar-refractivity contribution in [2.45, 2.75) is 45.4 Å². The van der Waals surface area contributed by atoms with Crippen LogP contribution in [0.15, 0.2) is 30.5 Å². The van der Waals surface area contributed by atoms with E-state index < -0.39 is 15.8 Å². The number of nitrogens with zero attached hydrogens (tertiary/aromatic N) is 3. The summed E-state index contributed by atoms with van der Waals surface area (Å²) in [5, 5.41) is 4.28. The maximum absolute atomic E-state index is 15.7. The Kier molecular flexibility index (Phi) is 7.39. The van der Waals surface area contributed by atoms with Crippen LogP contribution in [0.1, 0.15) is 45.0 Å². The molecule has 0 unspecified atom stereocenters. The molecule has 1 aliphatic heterocycles. The number of anilines is 2. The molecule has 1 fully saturated rings. The third-order valence-electron chi connectivity index (χ3n) is 6.44. The first kappa shape index (κ1) is 25.5. The van der Waals surface area contributed by atoms with Crippen molar-refractivity contribution < 1.29 is 12.8 Å². The first-order chi connectivity index (χ1) is 16.6. The number of aromatic nitrogens is 3. The molecular weight excluding hydrogens is 487 g/mol. The molecule has 0 spiro atoms. The largest absolute Gasteiger partial charge is 0.368 e. The molecule has 188 valence electrons. The smallest absolute Gasteiger partial charge is 0.232 e. The van der Waals surface area contributed by atoms with Gasteiger partial charge in [0.05, 0.1) is 32.7 Å². The molecule has 3 aromatic rings. The van der Waals surface area contributed by atoms with Crippen LogP contribution in [0.25, 0.3) is 21.8 Å². The average molecular weight is 519 g/mol. The molecule has 3 heterocycles. The summed E-state index contributed by atoms with van der Waals surface area (Å²) in [6, 6.07) is 6.37. The standard InChI is InChI=1S/C24H31FN6O2S2/c1-4-14-35(32,33)31-17-7-5-6-16(19(17)25)20-21(18-10-13-28-23(26)29-18)34-22(30-20)24(2,3)15-8-11-27-12-9-15/h5-7,10,13,15,27,31H,4,8-9,11-12,14H2,1-3H3,(H2,26,28,29). The summed E-state index contributed by atoms with van der Waals surface area (Å²) in [7, 11) is -3.66. The van der Waals surface area contributed by atoms with Gasteiger partial charge >= 0.3 is 0 Å². The van der Waals surface area contributed by atoms with Crippen LogP contribution < -0.4 is 15.8 Å². The van der Waals surface area contributed by atoms with Crippen molar-refractivity contribution in [3.05, 3.63) is 41.3 Å². The minimum absolute atomic E-state index is 0.0899. The van der Waals surface area contributed by atoms with E-state index in [0.29, 0.717) is 28.6 Å². The Hall–Kier alpha value is -2.63. The van der Waals surface area contributed by atoms with Crippen LogP contribution in [0.3, 0.4) is 0 Å². The van der Waals surface area contributed by atoms with Gasteiger partial charge in [0.25, 0.3) is 0 Å². The SMILES string of the molecule is CCCS(=O)(=O)Nc1cccc(-c2nc(C(C)(C)C3CCNCC3)sc2-c2ccnc(N)n2)c1F. The zero-order valence-corrected chi connectivity index (χ0v) is 21.8. The van der Waals surface area contributed by atoms with Gasteiger partial charge in [0.1, 0.15) is 0 Å². The van der Waals surface area contributed by atoms with Crippen LogP contribution in [0.5, 0.6) is 0 Å². The van der Waals surface area contributed by atoms with Gasteiger partial charge < -0.3 is 11.1 Å². The van der Waals surface area contributed by atoms with Gasteiger partial charge in [-0.05, 0) is 56.5 Å². The zero-order chi connectivity index (χ0) is 25.2. The van der Waals surface area contributed by atoms with Gasteiger partial charge in [-0.15, -0.1) is 11.3 Å². The number of hydrogen-bond donors (Lipinski definition) is 3. The summed E-state index contributed by atoms with van der Waals surface area (Å²) in [6.07, 6.45) is 4.04. The van der Waals surface area contributed by atoms with Crippen LogP contribution >= 0.6 is 11.3 Å². The van der Waals surface area contributed by atoms with Gasteiger partial charge in [0.2, 0.25) is 16.0 Å². The van der Waals surface area contributed by atoms with Crippen LogP contribution in [0, 0.1) is 11.7 Å². The Balaban J connectivity index is 1.84. The number of nitrogen functional groups attached to an aromatic ring is 1. The van der Waals surface area contributed by atoms with E-state index in [9.17, 15) is 8.42 Å². The number of thiazole rings is 1. The van der Waals surface area contributed by atoms with Crippen molar-refractivity contribution in [1.82, 2.24) is 20.3 Å². The van der Waals surface area contributed by atoms with E-state index in [0.717, 1.165) is 30.9 Å². The molecule has 0 radical (unpaired) electrons. The molecule has 0 amide bonds. The molecule has 35 heavy (non-hydrogen) atoms. The summed E-state index contributed by atoms with van der Waals surface area (Å²) < 4.78 is 42.7. The molecule has 2 aromatic heterocycles. The zero-order valence-electron chi connectivity index (χ0n) is 20.1. The minimum Gasteiger partial charge on any atom is -0.368 e. The van der Waals surface area contributed by atoms with Crippen molar-refractivity contribution in [2.24, 2.45) is 5.92 Å². The first-order valence-electron chi connectivity index (χ1n) is 11.7. The molecule has 0 bridgehead atoms. The summed E-state index contributed by atoms with van der Waals surface area (Å²) >= 11 is 1.47. The second-order valence-corrected chi connectivity index (χ2v) is 12.2. The van der Waals surface area contributed by atoms with Gasteiger partial charge in [0.15, 0.2) is 5.82 Å². The molecule has 0 aliphatic carbocycles. The van der Waals surface area contributed by atoms with Gasteiger partial charge in [-0.3, -0.25) is 4.72 Å². The van der Waals surface area contributed by atoms with E-state index in [-0.39, 0.29) is 28.4 Å². The van der Waals surface area contributed by atoms with Crippen molar-refractivity contribution >= 4 is 33.0 Å².